The molecule has 20 heavy (non-hydrogen) atoms. The molecule has 1 rings (SSSR count). The molecule has 5 heteroatoms. The van der Waals surface area contributed by atoms with E-state index in [1.165, 1.54) is 11.3 Å². The first kappa shape index (κ1) is 16.7. The summed E-state index contributed by atoms with van der Waals surface area (Å²) in [7, 11) is 1.67. The zero-order valence-electron chi connectivity index (χ0n) is 12.2. The number of nitrogens with one attached hydrogen (secondary N) is 1. The lowest BCUT2D eigenvalue weighted by Gasteiger charge is -2.24. The number of carbonyl (C=O) groups is 1. The monoisotopic (exact) mass is 295 g/mol. The van der Waals surface area contributed by atoms with Crippen molar-refractivity contribution in [2.75, 3.05) is 26.9 Å². The minimum atomic E-state index is -0.207. The van der Waals surface area contributed by atoms with E-state index < -0.39 is 0 Å². The molecule has 0 spiro atoms. The molecule has 0 aliphatic rings. The molecule has 0 saturated heterocycles. The van der Waals surface area contributed by atoms with Crippen LogP contribution in [0.4, 0.5) is 0 Å². The van der Waals surface area contributed by atoms with Gasteiger partial charge < -0.3 is 15.2 Å². The van der Waals surface area contributed by atoms with Gasteiger partial charge in [-0.3, -0.25) is 4.79 Å². The molecule has 0 aromatic carbocycles. The van der Waals surface area contributed by atoms with E-state index in [4.69, 9.17) is 9.84 Å². The SMILES string of the molecule is COCCC(C)(C)CNC(=O)c1sccc1C#CCO. The highest BCUT2D eigenvalue weighted by Crippen LogP contribution is 2.20. The van der Waals surface area contributed by atoms with Crippen LogP contribution in [0.15, 0.2) is 11.4 Å². The van der Waals surface area contributed by atoms with Crippen molar-refractivity contribution in [1.82, 2.24) is 5.32 Å². The molecule has 0 fully saturated rings. The van der Waals surface area contributed by atoms with Gasteiger partial charge in [-0.25, -0.2) is 0 Å². The highest BCUT2D eigenvalue weighted by atomic mass is 32.1. The van der Waals surface area contributed by atoms with Crippen molar-refractivity contribution >= 4 is 17.2 Å². The molecule has 1 amide bonds. The van der Waals surface area contributed by atoms with Gasteiger partial charge in [-0.05, 0) is 23.3 Å². The fraction of sp³-hybridized carbons (Fsp3) is 0.533. The van der Waals surface area contributed by atoms with Crippen LogP contribution in [0, 0.1) is 17.3 Å². The van der Waals surface area contributed by atoms with Crippen LogP contribution < -0.4 is 5.32 Å². The summed E-state index contributed by atoms with van der Waals surface area (Å²) < 4.78 is 5.07. The van der Waals surface area contributed by atoms with Crippen LogP contribution in [0.5, 0.6) is 0 Å². The largest absolute Gasteiger partial charge is 0.385 e. The second kappa shape index (κ2) is 8.05. The normalized spacial score (nSPS) is 10.8. The maximum absolute atomic E-state index is 12.1. The number of carbonyl (C=O) groups excluding carboxylic acids is 1. The van der Waals surface area contributed by atoms with Crippen LogP contribution in [0.25, 0.3) is 0 Å². The van der Waals surface area contributed by atoms with Crippen molar-refractivity contribution in [3.05, 3.63) is 21.9 Å². The van der Waals surface area contributed by atoms with Crippen LogP contribution >= 0.6 is 11.3 Å². The molecule has 0 radical (unpaired) electrons. The molecule has 0 unspecified atom stereocenters. The number of aliphatic hydroxyl groups excluding tert-OH is 1. The van der Waals surface area contributed by atoms with Gasteiger partial charge in [-0.1, -0.05) is 25.7 Å². The van der Waals surface area contributed by atoms with Gasteiger partial charge in [0.1, 0.15) is 11.5 Å². The third-order valence-corrected chi connectivity index (χ3v) is 3.80. The third kappa shape index (κ3) is 5.33. The van der Waals surface area contributed by atoms with Gasteiger partial charge in [0.2, 0.25) is 0 Å². The lowest BCUT2D eigenvalue weighted by Crippen LogP contribution is -2.34. The molecule has 1 heterocycles. The third-order valence-electron chi connectivity index (χ3n) is 2.88. The van der Waals surface area contributed by atoms with Crippen molar-refractivity contribution < 1.29 is 14.6 Å². The number of ether oxygens (including phenoxy) is 1. The lowest BCUT2D eigenvalue weighted by molar-refractivity contribution is 0.0924. The van der Waals surface area contributed by atoms with E-state index in [2.05, 4.69) is 31.0 Å². The Hall–Kier alpha value is -1.35. The van der Waals surface area contributed by atoms with Crippen LogP contribution in [-0.2, 0) is 4.74 Å². The average Bonchev–Trinajstić information content (AvgIpc) is 2.89. The molecular weight excluding hydrogens is 274 g/mol. The second-order valence-corrected chi connectivity index (χ2v) is 6.13. The van der Waals surface area contributed by atoms with Gasteiger partial charge in [0, 0.05) is 25.8 Å². The fourth-order valence-corrected chi connectivity index (χ4v) is 2.35. The average molecular weight is 295 g/mol. The quantitative estimate of drug-likeness (QED) is 0.788. The number of hydrogen-bond acceptors (Lipinski definition) is 4. The summed E-state index contributed by atoms with van der Waals surface area (Å²) in [6.45, 7) is 5.23. The Bertz CT molecular complexity index is 497. The molecule has 0 aliphatic carbocycles. The summed E-state index contributed by atoms with van der Waals surface area (Å²) in [5.74, 6) is 5.23. The van der Waals surface area contributed by atoms with Crippen molar-refractivity contribution in [1.29, 1.82) is 0 Å². The summed E-state index contributed by atoms with van der Waals surface area (Å²) in [5.41, 5.74) is 0.649. The van der Waals surface area contributed by atoms with E-state index in [0.717, 1.165) is 6.42 Å². The van der Waals surface area contributed by atoms with Gasteiger partial charge in [0.25, 0.3) is 5.91 Å². The molecule has 110 valence electrons. The Labute approximate surface area is 124 Å². The van der Waals surface area contributed by atoms with E-state index in [1.807, 2.05) is 5.38 Å². The molecule has 0 saturated carbocycles. The van der Waals surface area contributed by atoms with Gasteiger partial charge in [-0.15, -0.1) is 11.3 Å². The van der Waals surface area contributed by atoms with Crippen LogP contribution in [0.2, 0.25) is 0 Å². The standard InChI is InChI=1S/C15H21NO3S/c1-15(2,7-9-19-3)11-16-14(18)13-12(5-4-8-17)6-10-20-13/h6,10,17H,7-9,11H2,1-3H3,(H,16,18). The summed E-state index contributed by atoms with van der Waals surface area (Å²) in [6, 6.07) is 1.79. The molecular formula is C15H21NO3S. The lowest BCUT2D eigenvalue weighted by atomic mass is 9.89. The van der Waals surface area contributed by atoms with E-state index in [1.54, 1.807) is 13.2 Å². The van der Waals surface area contributed by atoms with Crippen LogP contribution in [0.3, 0.4) is 0 Å². The predicted molar refractivity (Wildman–Crippen MR) is 80.9 cm³/mol. The number of rotatable bonds is 6. The van der Waals surface area contributed by atoms with Crippen LogP contribution in [0.1, 0.15) is 35.5 Å². The second-order valence-electron chi connectivity index (χ2n) is 5.21. The Balaban J connectivity index is 2.61. The topological polar surface area (TPSA) is 58.6 Å². The smallest absolute Gasteiger partial charge is 0.262 e. The predicted octanol–water partition coefficient (Wildman–Crippen LogP) is 1.88. The summed E-state index contributed by atoms with van der Waals surface area (Å²) in [6.07, 6.45) is 0.880. The van der Waals surface area contributed by atoms with E-state index >= 15 is 0 Å². The molecule has 2 N–H and O–H groups in total. The van der Waals surface area contributed by atoms with E-state index in [-0.39, 0.29) is 17.9 Å². The highest BCUT2D eigenvalue weighted by molar-refractivity contribution is 7.12. The molecule has 0 bridgehead atoms. The van der Waals surface area contributed by atoms with Crippen molar-refractivity contribution in [3.63, 3.8) is 0 Å². The Morgan fingerprint density at radius 1 is 1.55 bits per heavy atom. The Kier molecular flexibility index (Phi) is 6.73. The minimum Gasteiger partial charge on any atom is -0.385 e. The number of amides is 1. The first-order valence-corrected chi connectivity index (χ1v) is 7.32. The van der Waals surface area contributed by atoms with Gasteiger partial charge >= 0.3 is 0 Å². The summed E-state index contributed by atoms with van der Waals surface area (Å²) in [4.78, 5) is 12.7. The number of thiophene rings is 1. The van der Waals surface area contributed by atoms with Gasteiger partial charge in [0.05, 0.1) is 0 Å². The number of aliphatic hydroxyl groups is 1. The van der Waals surface area contributed by atoms with Crippen molar-refractivity contribution in [3.8, 4) is 11.8 Å². The summed E-state index contributed by atoms with van der Waals surface area (Å²) >= 11 is 1.36. The van der Waals surface area contributed by atoms with E-state index in [0.29, 0.717) is 23.6 Å². The number of hydrogen-bond donors (Lipinski definition) is 2. The molecule has 1 aromatic rings. The van der Waals surface area contributed by atoms with Gasteiger partial charge in [-0.2, -0.15) is 0 Å². The Morgan fingerprint density at radius 3 is 2.95 bits per heavy atom. The molecule has 4 nitrogen and oxygen atoms in total. The van der Waals surface area contributed by atoms with Crippen molar-refractivity contribution in [2.24, 2.45) is 5.41 Å². The maximum Gasteiger partial charge on any atom is 0.262 e. The first-order valence-electron chi connectivity index (χ1n) is 6.44. The summed E-state index contributed by atoms with van der Waals surface area (Å²) in [5, 5.41) is 13.5. The molecule has 0 atom stereocenters. The fourth-order valence-electron chi connectivity index (χ4n) is 1.58. The highest BCUT2D eigenvalue weighted by Gasteiger charge is 2.20. The first-order chi connectivity index (χ1) is 9.50. The van der Waals surface area contributed by atoms with Gasteiger partial charge in [0.15, 0.2) is 0 Å². The Morgan fingerprint density at radius 2 is 2.30 bits per heavy atom. The molecule has 1 aromatic heterocycles. The zero-order chi connectivity index (χ0) is 15.0. The maximum atomic E-state index is 12.1. The van der Waals surface area contributed by atoms with E-state index in [9.17, 15) is 4.79 Å². The van der Waals surface area contributed by atoms with Crippen LogP contribution in [-0.4, -0.2) is 37.9 Å². The molecule has 0 aliphatic heterocycles. The minimum absolute atomic E-state index is 0.0140. The number of methoxy groups -OCH3 is 1. The van der Waals surface area contributed by atoms with Crippen molar-refractivity contribution in [2.45, 2.75) is 20.3 Å². The zero-order valence-corrected chi connectivity index (χ0v) is 13.0.